The van der Waals surface area contributed by atoms with E-state index in [9.17, 15) is 4.79 Å². The van der Waals surface area contributed by atoms with Crippen molar-refractivity contribution >= 4 is 5.91 Å². The second-order valence-corrected chi connectivity index (χ2v) is 2.47. The molecular weight excluding hydrogens is 130 g/mol. The molecule has 0 spiro atoms. The second kappa shape index (κ2) is 5.23. The first-order valence-electron chi connectivity index (χ1n) is 3.49. The summed E-state index contributed by atoms with van der Waals surface area (Å²) in [6.07, 6.45) is 2.06. The molecule has 0 bridgehead atoms. The third kappa shape index (κ3) is 4.32. The smallest absolute Gasteiger partial charge is 0.222 e. The summed E-state index contributed by atoms with van der Waals surface area (Å²) < 4.78 is 0. The quantitative estimate of drug-likeness (QED) is 0.575. The lowest BCUT2D eigenvalue weighted by molar-refractivity contribution is -0.128. The van der Waals surface area contributed by atoms with Crippen LogP contribution in [-0.2, 0) is 4.79 Å². The number of nitrogens with zero attached hydrogens (tertiary/aromatic N) is 1. The van der Waals surface area contributed by atoms with Crippen molar-refractivity contribution in [2.45, 2.75) is 19.3 Å². The maximum absolute atomic E-state index is 10.9. The van der Waals surface area contributed by atoms with Crippen molar-refractivity contribution in [3.8, 4) is 0 Å². The molecule has 0 aromatic heterocycles. The van der Waals surface area contributed by atoms with Gasteiger partial charge in [0.1, 0.15) is 0 Å². The average molecular weight is 145 g/mol. The molecule has 1 N–H and O–H groups in total. The molecule has 0 aliphatic heterocycles. The zero-order valence-corrected chi connectivity index (χ0v) is 6.63. The number of hydrogen-bond donors (Lipinski definition) is 1. The Balaban J connectivity index is 3.22. The number of aliphatic hydroxyl groups excluding tert-OH is 1. The van der Waals surface area contributed by atoms with E-state index in [1.165, 1.54) is 0 Å². The van der Waals surface area contributed by atoms with Crippen molar-refractivity contribution in [1.82, 2.24) is 4.90 Å². The molecule has 0 unspecified atom stereocenters. The van der Waals surface area contributed by atoms with E-state index in [2.05, 4.69) is 0 Å². The summed E-state index contributed by atoms with van der Waals surface area (Å²) in [6, 6.07) is 0. The SMILES string of the molecule is CN(C)C(=O)CCCCO. The van der Waals surface area contributed by atoms with Gasteiger partial charge in [-0.3, -0.25) is 4.79 Å². The normalized spacial score (nSPS) is 9.50. The van der Waals surface area contributed by atoms with Gasteiger partial charge in [-0.15, -0.1) is 0 Å². The lowest BCUT2D eigenvalue weighted by Gasteiger charge is -2.08. The fourth-order valence-corrected chi connectivity index (χ4v) is 0.612. The van der Waals surface area contributed by atoms with Crippen LogP contribution in [0.1, 0.15) is 19.3 Å². The summed E-state index contributed by atoms with van der Waals surface area (Å²) >= 11 is 0. The molecule has 0 aromatic rings. The topological polar surface area (TPSA) is 40.5 Å². The minimum atomic E-state index is 0.133. The maximum atomic E-state index is 10.9. The minimum Gasteiger partial charge on any atom is -0.396 e. The highest BCUT2D eigenvalue weighted by atomic mass is 16.2. The fraction of sp³-hybridized carbons (Fsp3) is 0.857. The average Bonchev–Trinajstić information content (AvgIpc) is 1.88. The van der Waals surface area contributed by atoms with Gasteiger partial charge in [-0.1, -0.05) is 0 Å². The molecule has 0 radical (unpaired) electrons. The van der Waals surface area contributed by atoms with Crippen LogP contribution in [0, 0.1) is 0 Å². The molecule has 0 aromatic carbocycles. The molecule has 0 rings (SSSR count). The van der Waals surface area contributed by atoms with Crippen LogP contribution in [-0.4, -0.2) is 36.6 Å². The Morgan fingerprint density at radius 1 is 1.40 bits per heavy atom. The molecule has 1 amide bonds. The predicted octanol–water partition coefficient (Wildman–Crippen LogP) is 0.237. The Bertz CT molecular complexity index is 102. The number of hydrogen-bond acceptors (Lipinski definition) is 2. The van der Waals surface area contributed by atoms with E-state index in [0.717, 1.165) is 12.8 Å². The van der Waals surface area contributed by atoms with Gasteiger partial charge >= 0.3 is 0 Å². The van der Waals surface area contributed by atoms with Crippen LogP contribution in [0.5, 0.6) is 0 Å². The fourth-order valence-electron chi connectivity index (χ4n) is 0.612. The number of rotatable bonds is 4. The molecule has 0 aliphatic rings. The highest BCUT2D eigenvalue weighted by Crippen LogP contribution is 1.96. The van der Waals surface area contributed by atoms with Crippen LogP contribution >= 0.6 is 0 Å². The van der Waals surface area contributed by atoms with E-state index in [1.807, 2.05) is 0 Å². The van der Waals surface area contributed by atoms with Crippen LogP contribution in [0.4, 0.5) is 0 Å². The maximum Gasteiger partial charge on any atom is 0.222 e. The van der Waals surface area contributed by atoms with E-state index in [0.29, 0.717) is 6.42 Å². The standard InChI is InChI=1S/C7H15NO2/c1-8(2)7(10)5-3-4-6-9/h9H,3-6H2,1-2H3. The second-order valence-electron chi connectivity index (χ2n) is 2.47. The lowest BCUT2D eigenvalue weighted by atomic mass is 10.2. The van der Waals surface area contributed by atoms with Gasteiger partial charge < -0.3 is 10.0 Å². The molecule has 3 nitrogen and oxygen atoms in total. The molecule has 0 heterocycles. The molecule has 10 heavy (non-hydrogen) atoms. The largest absolute Gasteiger partial charge is 0.396 e. The summed E-state index contributed by atoms with van der Waals surface area (Å²) in [4.78, 5) is 12.4. The summed E-state index contributed by atoms with van der Waals surface area (Å²) in [5.41, 5.74) is 0. The number of carbonyl (C=O) groups excluding carboxylic acids is 1. The van der Waals surface area contributed by atoms with E-state index in [-0.39, 0.29) is 12.5 Å². The van der Waals surface area contributed by atoms with Crippen LogP contribution in [0.15, 0.2) is 0 Å². The Labute approximate surface area is 61.6 Å². The first-order chi connectivity index (χ1) is 4.68. The third-order valence-electron chi connectivity index (χ3n) is 1.30. The van der Waals surface area contributed by atoms with E-state index >= 15 is 0 Å². The Morgan fingerprint density at radius 3 is 2.40 bits per heavy atom. The predicted molar refractivity (Wildman–Crippen MR) is 39.6 cm³/mol. The zero-order chi connectivity index (χ0) is 7.98. The molecular formula is C7H15NO2. The van der Waals surface area contributed by atoms with Crippen LogP contribution < -0.4 is 0 Å². The number of aliphatic hydroxyl groups is 1. The number of unbranched alkanes of at least 4 members (excludes halogenated alkanes) is 1. The van der Waals surface area contributed by atoms with Gasteiger partial charge in [-0.25, -0.2) is 0 Å². The van der Waals surface area contributed by atoms with Gasteiger partial charge in [-0.05, 0) is 12.8 Å². The van der Waals surface area contributed by atoms with Gasteiger partial charge in [0.25, 0.3) is 0 Å². The number of carbonyl (C=O) groups is 1. The van der Waals surface area contributed by atoms with Gasteiger partial charge in [0.05, 0.1) is 0 Å². The first-order valence-corrected chi connectivity index (χ1v) is 3.49. The highest BCUT2D eigenvalue weighted by molar-refractivity contribution is 5.75. The number of amides is 1. The van der Waals surface area contributed by atoms with E-state index in [1.54, 1.807) is 19.0 Å². The molecule has 0 fully saturated rings. The van der Waals surface area contributed by atoms with Gasteiger partial charge in [0.2, 0.25) is 5.91 Å². The highest BCUT2D eigenvalue weighted by Gasteiger charge is 2.01. The van der Waals surface area contributed by atoms with E-state index in [4.69, 9.17) is 5.11 Å². The van der Waals surface area contributed by atoms with Crippen molar-refractivity contribution in [3.05, 3.63) is 0 Å². The van der Waals surface area contributed by atoms with Crippen LogP contribution in [0.3, 0.4) is 0 Å². The molecule has 60 valence electrons. The Morgan fingerprint density at radius 2 is 2.00 bits per heavy atom. The lowest BCUT2D eigenvalue weighted by Crippen LogP contribution is -2.21. The first kappa shape index (κ1) is 9.43. The van der Waals surface area contributed by atoms with Crippen LogP contribution in [0.25, 0.3) is 0 Å². The van der Waals surface area contributed by atoms with Crippen molar-refractivity contribution < 1.29 is 9.90 Å². The molecule has 0 atom stereocenters. The van der Waals surface area contributed by atoms with Gasteiger partial charge in [-0.2, -0.15) is 0 Å². The molecule has 3 heteroatoms. The summed E-state index contributed by atoms with van der Waals surface area (Å²) in [5.74, 6) is 0.133. The van der Waals surface area contributed by atoms with Crippen molar-refractivity contribution in [3.63, 3.8) is 0 Å². The monoisotopic (exact) mass is 145 g/mol. The van der Waals surface area contributed by atoms with Crippen molar-refractivity contribution in [2.75, 3.05) is 20.7 Å². The molecule has 0 saturated heterocycles. The Hall–Kier alpha value is -0.570. The zero-order valence-electron chi connectivity index (χ0n) is 6.63. The summed E-state index contributed by atoms with van der Waals surface area (Å²) in [5, 5.41) is 8.39. The van der Waals surface area contributed by atoms with Crippen molar-refractivity contribution in [2.24, 2.45) is 0 Å². The van der Waals surface area contributed by atoms with E-state index < -0.39 is 0 Å². The van der Waals surface area contributed by atoms with Crippen LogP contribution in [0.2, 0.25) is 0 Å². The van der Waals surface area contributed by atoms with Crippen molar-refractivity contribution in [1.29, 1.82) is 0 Å². The van der Waals surface area contributed by atoms with Gasteiger partial charge in [0.15, 0.2) is 0 Å². The summed E-state index contributed by atoms with van der Waals surface area (Å²) in [6.45, 7) is 0.181. The van der Waals surface area contributed by atoms with Gasteiger partial charge in [0, 0.05) is 27.1 Å². The molecule has 0 saturated carbocycles. The summed E-state index contributed by atoms with van der Waals surface area (Å²) in [7, 11) is 3.47. The Kier molecular flexibility index (Phi) is 4.94. The minimum absolute atomic E-state index is 0.133. The third-order valence-corrected chi connectivity index (χ3v) is 1.30. The molecule has 0 aliphatic carbocycles.